The molecule has 1 aliphatic carbocycles. The Bertz CT molecular complexity index is 541. The van der Waals surface area contributed by atoms with Gasteiger partial charge in [0.2, 0.25) is 0 Å². The Morgan fingerprint density at radius 3 is 2.00 bits per heavy atom. The number of hydrogen-bond donors (Lipinski definition) is 6. The molecule has 1 fully saturated rings. The molecule has 1 saturated carbocycles. The van der Waals surface area contributed by atoms with E-state index in [2.05, 4.69) is 13.8 Å². The fraction of sp³-hybridized carbons (Fsp3) is 1.00. The Balaban J connectivity index is 2.58. The molecule has 0 bridgehead atoms. The molecule has 0 saturated heterocycles. The number of aliphatic hydroxyl groups is 4. The molecule has 0 aromatic heterocycles. The van der Waals surface area contributed by atoms with Crippen LogP contribution in [-0.2, 0) is 23.1 Å². The summed E-state index contributed by atoms with van der Waals surface area (Å²) < 4.78 is 33.9. The predicted molar refractivity (Wildman–Crippen MR) is 121 cm³/mol. The Hall–Kier alpha value is -0.170. The molecular weight excluding hydrogens is 457 g/mol. The summed E-state index contributed by atoms with van der Waals surface area (Å²) in [6.45, 7) is 5.10. The van der Waals surface area contributed by atoms with Crippen molar-refractivity contribution in [1.29, 1.82) is 0 Å². The minimum Gasteiger partial charge on any atom is -0.389 e. The van der Waals surface area contributed by atoms with Crippen LogP contribution < -0.4 is 5.73 Å². The van der Waals surface area contributed by atoms with Gasteiger partial charge in [-0.15, -0.1) is 0 Å². The van der Waals surface area contributed by atoms with E-state index >= 15 is 0 Å². The molecule has 0 aromatic rings. The molecule has 1 unspecified atom stereocenters. The summed E-state index contributed by atoms with van der Waals surface area (Å²) >= 11 is 0. The van der Waals surface area contributed by atoms with Crippen LogP contribution in [0.3, 0.4) is 0 Å². The zero-order chi connectivity index (χ0) is 24.9. The lowest BCUT2D eigenvalue weighted by atomic mass is 9.84. The van der Waals surface area contributed by atoms with Gasteiger partial charge in [-0.1, -0.05) is 52.4 Å². The molecule has 0 amide bonds. The van der Waals surface area contributed by atoms with Crippen LogP contribution in [0.5, 0.6) is 0 Å². The standard InChI is InChI=1S/C21H44NO10P/c1-3-5-7-9-11-29-13-15(30-12-10-8-6-4-2)14-31-33(27,28)32-21-16(22)17(23)18(24)19(25)20(21)26/h15-21,23-26H,3-14,22H2,1-2H3,(H,27,28)/t15-,16+,17-,18+,19-,20+,21+/m0/s1. The molecule has 8 atom stereocenters. The molecule has 1 rings (SSSR count). The fourth-order valence-corrected chi connectivity index (χ4v) is 4.50. The van der Waals surface area contributed by atoms with Gasteiger partial charge in [0.1, 0.15) is 36.6 Å². The quantitative estimate of drug-likeness (QED) is 0.116. The first-order valence-electron chi connectivity index (χ1n) is 12.0. The molecule has 33 heavy (non-hydrogen) atoms. The number of phosphoric ester groups is 1. The molecule has 0 spiro atoms. The SMILES string of the molecule is CCCCCCOC[C@@H](COP(=O)(O)O[C@@H]1[C@H](N)[C@H](O)[C@@H](O)[C@H](O)[C@H]1O)OCCCCCC. The molecule has 7 N–H and O–H groups in total. The first kappa shape index (κ1) is 30.9. The third-order valence-electron chi connectivity index (χ3n) is 5.64. The maximum Gasteiger partial charge on any atom is 0.472 e. The molecule has 0 aromatic carbocycles. The van der Waals surface area contributed by atoms with E-state index in [1.165, 1.54) is 0 Å². The zero-order valence-corrected chi connectivity index (χ0v) is 20.7. The highest BCUT2D eigenvalue weighted by Crippen LogP contribution is 2.46. The largest absolute Gasteiger partial charge is 0.472 e. The third-order valence-corrected chi connectivity index (χ3v) is 6.62. The third kappa shape index (κ3) is 11.4. The fourth-order valence-electron chi connectivity index (χ4n) is 3.51. The number of aliphatic hydroxyl groups excluding tert-OH is 4. The van der Waals surface area contributed by atoms with E-state index in [9.17, 15) is 29.9 Å². The highest BCUT2D eigenvalue weighted by molar-refractivity contribution is 7.47. The first-order chi connectivity index (χ1) is 15.6. The monoisotopic (exact) mass is 501 g/mol. The highest BCUT2D eigenvalue weighted by atomic mass is 31.2. The van der Waals surface area contributed by atoms with Crippen LogP contribution >= 0.6 is 7.82 Å². The number of unbranched alkanes of at least 4 members (excludes halogenated alkanes) is 6. The molecule has 198 valence electrons. The van der Waals surface area contributed by atoms with Crippen molar-refractivity contribution < 1.29 is 48.4 Å². The molecule has 0 heterocycles. The summed E-state index contributed by atoms with van der Waals surface area (Å²) in [7, 11) is -4.75. The van der Waals surface area contributed by atoms with Crippen molar-refractivity contribution in [2.75, 3.05) is 26.4 Å². The van der Waals surface area contributed by atoms with E-state index in [0.717, 1.165) is 51.4 Å². The lowest BCUT2D eigenvalue weighted by Gasteiger charge is -2.42. The Kier molecular flexibility index (Phi) is 15.4. The van der Waals surface area contributed by atoms with Crippen molar-refractivity contribution in [3.05, 3.63) is 0 Å². The number of nitrogens with two attached hydrogens (primary N) is 1. The second-order valence-electron chi connectivity index (χ2n) is 8.56. The van der Waals surface area contributed by atoms with Gasteiger partial charge in [0.15, 0.2) is 0 Å². The topological polar surface area (TPSA) is 181 Å². The maximum atomic E-state index is 12.5. The van der Waals surface area contributed by atoms with Crippen molar-refractivity contribution in [2.24, 2.45) is 5.73 Å². The second-order valence-corrected chi connectivity index (χ2v) is 9.97. The molecule has 12 heteroatoms. The lowest BCUT2D eigenvalue weighted by molar-refractivity contribution is -0.182. The average molecular weight is 502 g/mol. The smallest absolute Gasteiger partial charge is 0.389 e. The van der Waals surface area contributed by atoms with Crippen LogP contribution in [0, 0.1) is 0 Å². The van der Waals surface area contributed by atoms with Crippen LogP contribution in [-0.4, -0.2) is 94.4 Å². The van der Waals surface area contributed by atoms with Gasteiger partial charge in [0, 0.05) is 13.2 Å². The summed E-state index contributed by atoms with van der Waals surface area (Å²) in [6.07, 6.45) is -0.941. The number of phosphoric acid groups is 1. The van der Waals surface area contributed by atoms with Gasteiger partial charge in [-0.2, -0.15) is 0 Å². The van der Waals surface area contributed by atoms with Crippen molar-refractivity contribution >= 4 is 7.82 Å². The van der Waals surface area contributed by atoms with Crippen molar-refractivity contribution in [1.82, 2.24) is 0 Å². The van der Waals surface area contributed by atoms with Crippen LogP contribution in [0.15, 0.2) is 0 Å². The number of hydrogen-bond acceptors (Lipinski definition) is 10. The van der Waals surface area contributed by atoms with Crippen LogP contribution in [0.1, 0.15) is 65.2 Å². The minimum absolute atomic E-state index is 0.176. The second kappa shape index (κ2) is 16.5. The summed E-state index contributed by atoms with van der Waals surface area (Å²) in [5.41, 5.74) is 5.71. The molecule has 0 radical (unpaired) electrons. The van der Waals surface area contributed by atoms with Crippen molar-refractivity contribution in [2.45, 2.75) is 108 Å². The predicted octanol–water partition coefficient (Wildman–Crippen LogP) is 0.836. The van der Waals surface area contributed by atoms with Crippen molar-refractivity contribution in [3.63, 3.8) is 0 Å². The van der Waals surface area contributed by atoms with E-state index < -0.39 is 50.5 Å². The van der Waals surface area contributed by atoms with Crippen LogP contribution in [0.2, 0.25) is 0 Å². The number of ether oxygens (including phenoxy) is 2. The van der Waals surface area contributed by atoms with Crippen LogP contribution in [0.25, 0.3) is 0 Å². The summed E-state index contributed by atoms with van der Waals surface area (Å²) in [6, 6.07) is -1.42. The summed E-state index contributed by atoms with van der Waals surface area (Å²) in [5.74, 6) is 0. The normalized spacial score (nSPS) is 30.8. The number of rotatable bonds is 18. The maximum absolute atomic E-state index is 12.5. The van der Waals surface area contributed by atoms with E-state index in [4.69, 9.17) is 24.3 Å². The van der Waals surface area contributed by atoms with Gasteiger partial charge in [-0.25, -0.2) is 4.57 Å². The molecular formula is C21H44NO10P. The van der Waals surface area contributed by atoms with E-state index in [0.29, 0.717) is 13.2 Å². The van der Waals surface area contributed by atoms with Gasteiger partial charge in [0.25, 0.3) is 0 Å². The van der Waals surface area contributed by atoms with Crippen molar-refractivity contribution in [3.8, 4) is 0 Å². The average Bonchev–Trinajstić information content (AvgIpc) is 2.79. The van der Waals surface area contributed by atoms with Gasteiger partial charge < -0.3 is 40.5 Å². The Labute approximate surface area is 196 Å². The van der Waals surface area contributed by atoms with E-state index in [-0.39, 0.29) is 13.2 Å². The van der Waals surface area contributed by atoms with E-state index in [1.54, 1.807) is 0 Å². The molecule has 11 nitrogen and oxygen atoms in total. The Morgan fingerprint density at radius 2 is 1.39 bits per heavy atom. The van der Waals surface area contributed by atoms with E-state index in [1.807, 2.05) is 0 Å². The zero-order valence-electron chi connectivity index (χ0n) is 19.8. The van der Waals surface area contributed by atoms with Gasteiger partial charge in [-0.3, -0.25) is 9.05 Å². The summed E-state index contributed by atoms with van der Waals surface area (Å²) in [4.78, 5) is 10.1. The highest BCUT2D eigenvalue weighted by Gasteiger charge is 2.50. The molecule has 0 aliphatic heterocycles. The van der Waals surface area contributed by atoms with Gasteiger partial charge in [-0.05, 0) is 12.8 Å². The lowest BCUT2D eigenvalue weighted by Crippen LogP contribution is -2.66. The molecule has 1 aliphatic rings. The minimum atomic E-state index is -4.75. The first-order valence-corrected chi connectivity index (χ1v) is 13.5. The Morgan fingerprint density at radius 1 is 0.818 bits per heavy atom. The van der Waals surface area contributed by atoms with Crippen LogP contribution in [0.4, 0.5) is 0 Å². The van der Waals surface area contributed by atoms with Gasteiger partial charge >= 0.3 is 7.82 Å². The van der Waals surface area contributed by atoms with Gasteiger partial charge in [0.05, 0.1) is 19.3 Å². The summed E-state index contributed by atoms with van der Waals surface area (Å²) in [5, 5.41) is 39.4.